The standard InChI is InChI=1S/C19H20N4O4S/c1-13-11-17(27-22-13)16-12-18(24)20-21-19(16)14-7-9-23(10-8-14)28(25,26)15-5-3-2-4-6-15/h2-6,11-12,14H,7-10H2,1H3,(H,20,24). The molecule has 8 nitrogen and oxygen atoms in total. The lowest BCUT2D eigenvalue weighted by Gasteiger charge is -2.31. The molecule has 146 valence electrons. The molecule has 1 fully saturated rings. The Bertz CT molecular complexity index is 1130. The molecule has 1 aliphatic heterocycles. The molecule has 0 amide bonds. The van der Waals surface area contributed by atoms with Crippen LogP contribution < -0.4 is 5.56 Å². The Balaban J connectivity index is 1.57. The van der Waals surface area contributed by atoms with Gasteiger partial charge < -0.3 is 4.52 Å². The third-order valence-electron chi connectivity index (χ3n) is 4.95. The topological polar surface area (TPSA) is 109 Å². The first kappa shape index (κ1) is 18.6. The van der Waals surface area contributed by atoms with Crippen LogP contribution in [0.1, 0.15) is 30.1 Å². The number of H-pyrrole nitrogens is 1. The van der Waals surface area contributed by atoms with E-state index >= 15 is 0 Å². The minimum absolute atomic E-state index is 0.0134. The molecule has 3 heterocycles. The number of aromatic amines is 1. The molecule has 9 heteroatoms. The Kier molecular flexibility index (Phi) is 4.86. The fourth-order valence-corrected chi connectivity index (χ4v) is 5.01. The molecule has 4 rings (SSSR count). The second kappa shape index (κ2) is 7.33. The van der Waals surface area contributed by atoms with Crippen LogP contribution in [0.15, 0.2) is 56.7 Å². The lowest BCUT2D eigenvalue weighted by atomic mass is 9.91. The number of hydrogen-bond acceptors (Lipinski definition) is 6. The molecule has 0 radical (unpaired) electrons. The predicted molar refractivity (Wildman–Crippen MR) is 102 cm³/mol. The first-order chi connectivity index (χ1) is 13.4. The van der Waals surface area contributed by atoms with Gasteiger partial charge in [0.05, 0.1) is 16.3 Å². The normalized spacial score (nSPS) is 16.3. The Morgan fingerprint density at radius 2 is 1.86 bits per heavy atom. The van der Waals surface area contributed by atoms with E-state index in [1.807, 2.05) is 0 Å². The van der Waals surface area contributed by atoms with Crippen LogP contribution >= 0.6 is 0 Å². The summed E-state index contributed by atoms with van der Waals surface area (Å²) in [5.41, 5.74) is 1.70. The van der Waals surface area contributed by atoms with Gasteiger partial charge in [0.1, 0.15) is 0 Å². The number of hydrogen-bond donors (Lipinski definition) is 1. The summed E-state index contributed by atoms with van der Waals surface area (Å²) in [4.78, 5) is 12.1. The van der Waals surface area contributed by atoms with Gasteiger partial charge in [-0.05, 0) is 31.9 Å². The highest BCUT2D eigenvalue weighted by atomic mass is 32.2. The average Bonchev–Trinajstić information content (AvgIpc) is 3.15. The molecule has 1 aliphatic rings. The van der Waals surface area contributed by atoms with Gasteiger partial charge in [0, 0.05) is 36.7 Å². The summed E-state index contributed by atoms with van der Waals surface area (Å²) in [5, 5.41) is 10.6. The van der Waals surface area contributed by atoms with Gasteiger partial charge in [-0.25, -0.2) is 13.5 Å². The number of piperidine rings is 1. The quantitative estimate of drug-likeness (QED) is 0.720. The SMILES string of the molecule is Cc1cc(-c2cc(=O)[nH]nc2C2CCN(S(=O)(=O)c3ccccc3)CC2)on1. The molecule has 3 aromatic rings. The van der Waals surface area contributed by atoms with E-state index in [0.717, 1.165) is 0 Å². The number of aromatic nitrogens is 3. The number of sulfonamides is 1. The van der Waals surface area contributed by atoms with Crippen molar-refractivity contribution in [2.45, 2.75) is 30.6 Å². The minimum Gasteiger partial charge on any atom is -0.356 e. The summed E-state index contributed by atoms with van der Waals surface area (Å²) in [6, 6.07) is 11.7. The van der Waals surface area contributed by atoms with Gasteiger partial charge in [0.25, 0.3) is 5.56 Å². The molecule has 2 aromatic heterocycles. The predicted octanol–water partition coefficient (Wildman–Crippen LogP) is 2.30. The van der Waals surface area contributed by atoms with Crippen LogP contribution in [0.25, 0.3) is 11.3 Å². The smallest absolute Gasteiger partial charge is 0.264 e. The van der Waals surface area contributed by atoms with Crippen LogP contribution in [0, 0.1) is 6.92 Å². The molecule has 0 unspecified atom stereocenters. The zero-order valence-corrected chi connectivity index (χ0v) is 16.1. The van der Waals surface area contributed by atoms with Gasteiger partial charge in [0.2, 0.25) is 10.0 Å². The highest BCUT2D eigenvalue weighted by Crippen LogP contribution is 2.34. The lowest BCUT2D eigenvalue weighted by molar-refractivity contribution is 0.315. The van der Waals surface area contributed by atoms with Crippen LogP contribution in [0.3, 0.4) is 0 Å². The van der Waals surface area contributed by atoms with Crippen molar-refractivity contribution in [2.75, 3.05) is 13.1 Å². The molecule has 1 N–H and O–H groups in total. The maximum Gasteiger partial charge on any atom is 0.264 e. The number of benzene rings is 1. The van der Waals surface area contributed by atoms with Crippen molar-refractivity contribution in [3.63, 3.8) is 0 Å². The Labute approximate surface area is 162 Å². The maximum absolute atomic E-state index is 12.8. The summed E-state index contributed by atoms with van der Waals surface area (Å²) >= 11 is 0. The van der Waals surface area contributed by atoms with Crippen molar-refractivity contribution in [3.05, 3.63) is 64.2 Å². The Morgan fingerprint density at radius 3 is 2.50 bits per heavy atom. The van der Waals surface area contributed by atoms with Crippen molar-refractivity contribution in [1.29, 1.82) is 0 Å². The number of nitrogens with zero attached hydrogens (tertiary/aromatic N) is 3. The first-order valence-electron chi connectivity index (χ1n) is 9.03. The third-order valence-corrected chi connectivity index (χ3v) is 6.87. The lowest BCUT2D eigenvalue weighted by Crippen LogP contribution is -2.38. The van der Waals surface area contributed by atoms with Gasteiger partial charge >= 0.3 is 0 Å². The summed E-state index contributed by atoms with van der Waals surface area (Å²) in [5.74, 6) is 0.505. The summed E-state index contributed by atoms with van der Waals surface area (Å²) in [6.07, 6.45) is 1.20. The van der Waals surface area contributed by atoms with Gasteiger partial charge in [-0.3, -0.25) is 4.79 Å². The zero-order valence-electron chi connectivity index (χ0n) is 15.3. The molecule has 1 aromatic carbocycles. The van der Waals surface area contributed by atoms with E-state index in [4.69, 9.17) is 4.52 Å². The van der Waals surface area contributed by atoms with Crippen molar-refractivity contribution in [2.24, 2.45) is 0 Å². The highest BCUT2D eigenvalue weighted by Gasteiger charge is 2.32. The third kappa shape index (κ3) is 3.50. The highest BCUT2D eigenvalue weighted by molar-refractivity contribution is 7.89. The fraction of sp³-hybridized carbons (Fsp3) is 0.316. The molecule has 1 saturated heterocycles. The van der Waals surface area contributed by atoms with Crippen molar-refractivity contribution in [3.8, 4) is 11.3 Å². The van der Waals surface area contributed by atoms with E-state index in [9.17, 15) is 13.2 Å². The van der Waals surface area contributed by atoms with Gasteiger partial charge in [-0.2, -0.15) is 9.40 Å². The van der Waals surface area contributed by atoms with Gasteiger partial charge in [-0.15, -0.1) is 0 Å². The molecule has 28 heavy (non-hydrogen) atoms. The second-order valence-electron chi connectivity index (χ2n) is 6.86. The van der Waals surface area contributed by atoms with Crippen molar-refractivity contribution < 1.29 is 12.9 Å². The van der Waals surface area contributed by atoms with Crippen molar-refractivity contribution in [1.82, 2.24) is 19.7 Å². The molecule has 0 spiro atoms. The van der Waals surface area contributed by atoms with Crippen LogP contribution in [-0.2, 0) is 10.0 Å². The Morgan fingerprint density at radius 1 is 1.14 bits per heavy atom. The first-order valence-corrected chi connectivity index (χ1v) is 10.5. The number of nitrogens with one attached hydrogen (secondary N) is 1. The molecule has 0 atom stereocenters. The molecule has 0 saturated carbocycles. The van der Waals surface area contributed by atoms with E-state index in [2.05, 4.69) is 15.4 Å². The number of aryl methyl sites for hydroxylation is 1. The summed E-state index contributed by atoms with van der Waals surface area (Å²) in [7, 11) is -3.51. The average molecular weight is 400 g/mol. The van der Waals surface area contributed by atoms with E-state index in [0.29, 0.717) is 53.5 Å². The molecular formula is C19H20N4O4S. The molecule has 0 bridgehead atoms. The van der Waals surface area contributed by atoms with Crippen molar-refractivity contribution >= 4 is 10.0 Å². The van der Waals surface area contributed by atoms with Crippen LogP contribution in [-0.4, -0.2) is 41.2 Å². The summed E-state index contributed by atoms with van der Waals surface area (Å²) in [6.45, 7) is 2.58. The zero-order chi connectivity index (χ0) is 19.7. The Hall–Kier alpha value is -2.78. The van der Waals surface area contributed by atoms with Gasteiger partial charge in [0.15, 0.2) is 5.76 Å². The second-order valence-corrected chi connectivity index (χ2v) is 8.79. The van der Waals surface area contributed by atoms with E-state index in [1.165, 1.54) is 10.4 Å². The van der Waals surface area contributed by atoms with Crippen LogP contribution in [0.2, 0.25) is 0 Å². The maximum atomic E-state index is 12.8. The van der Waals surface area contributed by atoms with Gasteiger partial charge in [-0.1, -0.05) is 23.4 Å². The summed E-state index contributed by atoms with van der Waals surface area (Å²) < 4.78 is 32.4. The van der Waals surface area contributed by atoms with E-state index in [-0.39, 0.29) is 11.5 Å². The monoisotopic (exact) mass is 400 g/mol. The van der Waals surface area contributed by atoms with Crippen LogP contribution in [0.4, 0.5) is 0 Å². The number of rotatable bonds is 4. The van der Waals surface area contributed by atoms with E-state index in [1.54, 1.807) is 43.3 Å². The largest absolute Gasteiger partial charge is 0.356 e. The fourth-order valence-electron chi connectivity index (χ4n) is 3.52. The van der Waals surface area contributed by atoms with E-state index < -0.39 is 10.0 Å². The molecule has 0 aliphatic carbocycles. The minimum atomic E-state index is -3.51. The van der Waals surface area contributed by atoms with Crippen LogP contribution in [0.5, 0.6) is 0 Å². The molecular weight excluding hydrogens is 380 g/mol.